The summed E-state index contributed by atoms with van der Waals surface area (Å²) in [6.45, 7) is 4.51. The smallest absolute Gasteiger partial charge is 0.170 e. The van der Waals surface area contributed by atoms with Crippen molar-refractivity contribution >= 4 is 0 Å². The first-order valence-electron chi connectivity index (χ1n) is 6.93. The third kappa shape index (κ3) is 2.91. The van der Waals surface area contributed by atoms with Gasteiger partial charge in [-0.3, -0.25) is 4.90 Å². The fourth-order valence-corrected chi connectivity index (χ4v) is 2.87. The zero-order valence-corrected chi connectivity index (χ0v) is 11.4. The number of hydrogen-bond acceptors (Lipinski definition) is 4. The van der Waals surface area contributed by atoms with Gasteiger partial charge in [0.15, 0.2) is 5.79 Å². The van der Waals surface area contributed by atoms with Gasteiger partial charge in [0.1, 0.15) is 5.75 Å². The second kappa shape index (κ2) is 5.49. The third-order valence-electron chi connectivity index (χ3n) is 3.97. The highest BCUT2D eigenvalue weighted by atomic mass is 16.7. The molecular formula is C15H21NO3. The van der Waals surface area contributed by atoms with Crippen LogP contribution in [0.5, 0.6) is 5.75 Å². The molecule has 2 saturated heterocycles. The van der Waals surface area contributed by atoms with Crippen LogP contribution in [-0.4, -0.2) is 44.1 Å². The highest BCUT2D eigenvalue weighted by Gasteiger charge is 2.39. The van der Waals surface area contributed by atoms with Gasteiger partial charge in [0, 0.05) is 32.5 Å². The van der Waals surface area contributed by atoms with Crippen LogP contribution in [0.2, 0.25) is 0 Å². The Kier molecular flexibility index (Phi) is 3.73. The molecule has 104 valence electrons. The van der Waals surface area contributed by atoms with Crippen molar-refractivity contribution in [3.63, 3.8) is 0 Å². The quantitative estimate of drug-likeness (QED) is 0.835. The number of piperidine rings is 1. The van der Waals surface area contributed by atoms with Crippen molar-refractivity contribution < 1.29 is 14.2 Å². The molecule has 0 amide bonds. The van der Waals surface area contributed by atoms with E-state index in [0.29, 0.717) is 0 Å². The van der Waals surface area contributed by atoms with Crippen LogP contribution >= 0.6 is 0 Å². The molecule has 0 radical (unpaired) electrons. The second-order valence-electron chi connectivity index (χ2n) is 5.24. The lowest BCUT2D eigenvalue weighted by atomic mass is 10.0. The molecule has 2 fully saturated rings. The van der Waals surface area contributed by atoms with Gasteiger partial charge in [0.2, 0.25) is 0 Å². The zero-order chi connectivity index (χ0) is 13.1. The lowest BCUT2D eigenvalue weighted by Crippen LogP contribution is -2.44. The standard InChI is InChI=1S/C15H21NO3/c1-17-14-4-2-3-13(11-14)12-16-7-5-15(6-8-16)18-9-10-19-15/h2-4,11H,5-10,12H2,1H3. The Bertz CT molecular complexity index is 419. The fourth-order valence-electron chi connectivity index (χ4n) is 2.87. The molecule has 19 heavy (non-hydrogen) atoms. The molecule has 0 aliphatic carbocycles. The summed E-state index contributed by atoms with van der Waals surface area (Å²) in [5.74, 6) is 0.652. The number of hydrogen-bond donors (Lipinski definition) is 0. The van der Waals surface area contributed by atoms with Gasteiger partial charge in [-0.05, 0) is 17.7 Å². The minimum atomic E-state index is -0.273. The summed E-state index contributed by atoms with van der Waals surface area (Å²) in [4.78, 5) is 2.45. The van der Waals surface area contributed by atoms with Gasteiger partial charge >= 0.3 is 0 Å². The van der Waals surface area contributed by atoms with Gasteiger partial charge < -0.3 is 14.2 Å². The summed E-state index contributed by atoms with van der Waals surface area (Å²) in [6.07, 6.45) is 1.94. The Morgan fingerprint density at radius 3 is 2.63 bits per heavy atom. The maximum atomic E-state index is 5.75. The molecule has 1 spiro atoms. The van der Waals surface area contributed by atoms with Crippen LogP contribution in [-0.2, 0) is 16.0 Å². The molecule has 0 unspecified atom stereocenters. The monoisotopic (exact) mass is 263 g/mol. The molecule has 3 rings (SSSR count). The van der Waals surface area contributed by atoms with E-state index in [1.54, 1.807) is 7.11 Å². The van der Waals surface area contributed by atoms with Crippen molar-refractivity contribution in [2.45, 2.75) is 25.2 Å². The van der Waals surface area contributed by atoms with E-state index in [2.05, 4.69) is 17.0 Å². The molecule has 2 aliphatic heterocycles. The SMILES string of the molecule is COc1cccc(CN2CCC3(CC2)OCCO3)c1. The molecule has 2 heterocycles. The highest BCUT2D eigenvalue weighted by Crippen LogP contribution is 2.31. The molecule has 4 heteroatoms. The Morgan fingerprint density at radius 2 is 1.95 bits per heavy atom. The number of nitrogens with zero attached hydrogens (tertiary/aromatic N) is 1. The van der Waals surface area contributed by atoms with E-state index >= 15 is 0 Å². The normalized spacial score (nSPS) is 22.8. The van der Waals surface area contributed by atoms with Crippen LogP contribution in [0.1, 0.15) is 18.4 Å². The van der Waals surface area contributed by atoms with Gasteiger partial charge in [-0.15, -0.1) is 0 Å². The molecule has 0 aromatic heterocycles. The first-order chi connectivity index (χ1) is 9.30. The van der Waals surface area contributed by atoms with Crippen molar-refractivity contribution in [3.8, 4) is 5.75 Å². The van der Waals surface area contributed by atoms with Gasteiger partial charge in [0.05, 0.1) is 20.3 Å². The van der Waals surface area contributed by atoms with Gasteiger partial charge in [-0.2, -0.15) is 0 Å². The summed E-state index contributed by atoms with van der Waals surface area (Å²) in [5.41, 5.74) is 1.29. The minimum Gasteiger partial charge on any atom is -0.497 e. The van der Waals surface area contributed by atoms with Crippen LogP contribution < -0.4 is 4.74 Å². The fraction of sp³-hybridized carbons (Fsp3) is 0.600. The van der Waals surface area contributed by atoms with Crippen molar-refractivity contribution in [2.75, 3.05) is 33.4 Å². The van der Waals surface area contributed by atoms with Gasteiger partial charge in [-0.1, -0.05) is 12.1 Å². The first-order valence-corrected chi connectivity index (χ1v) is 6.93. The average molecular weight is 263 g/mol. The maximum Gasteiger partial charge on any atom is 0.170 e. The molecule has 0 saturated carbocycles. The molecule has 1 aromatic carbocycles. The van der Waals surface area contributed by atoms with E-state index in [1.807, 2.05) is 12.1 Å². The predicted molar refractivity (Wildman–Crippen MR) is 72.1 cm³/mol. The van der Waals surface area contributed by atoms with Crippen LogP contribution in [0, 0.1) is 0 Å². The first kappa shape index (κ1) is 12.9. The van der Waals surface area contributed by atoms with E-state index in [1.165, 1.54) is 5.56 Å². The Labute approximate surface area is 114 Å². The van der Waals surface area contributed by atoms with Crippen molar-refractivity contribution in [1.29, 1.82) is 0 Å². The summed E-state index contributed by atoms with van der Waals surface area (Å²) < 4.78 is 16.8. The molecule has 0 bridgehead atoms. The molecule has 2 aliphatic rings. The van der Waals surface area contributed by atoms with Crippen LogP contribution in [0.25, 0.3) is 0 Å². The van der Waals surface area contributed by atoms with E-state index < -0.39 is 0 Å². The van der Waals surface area contributed by atoms with Crippen molar-refractivity contribution in [2.24, 2.45) is 0 Å². The van der Waals surface area contributed by atoms with Gasteiger partial charge in [-0.25, -0.2) is 0 Å². The molecular weight excluding hydrogens is 242 g/mol. The molecule has 4 nitrogen and oxygen atoms in total. The zero-order valence-electron chi connectivity index (χ0n) is 11.4. The number of methoxy groups -OCH3 is 1. The van der Waals surface area contributed by atoms with Crippen molar-refractivity contribution in [1.82, 2.24) is 4.90 Å². The van der Waals surface area contributed by atoms with E-state index in [4.69, 9.17) is 14.2 Å². The Balaban J connectivity index is 1.56. The predicted octanol–water partition coefficient (Wildman–Crippen LogP) is 2.03. The average Bonchev–Trinajstić information content (AvgIpc) is 2.90. The largest absolute Gasteiger partial charge is 0.497 e. The van der Waals surface area contributed by atoms with Gasteiger partial charge in [0.25, 0.3) is 0 Å². The van der Waals surface area contributed by atoms with E-state index in [-0.39, 0.29) is 5.79 Å². The number of rotatable bonds is 3. The molecule has 0 atom stereocenters. The Hall–Kier alpha value is -1.10. The lowest BCUT2D eigenvalue weighted by molar-refractivity contribution is -0.185. The summed E-state index contributed by atoms with van der Waals surface area (Å²) in [7, 11) is 1.71. The maximum absolute atomic E-state index is 5.75. The third-order valence-corrected chi connectivity index (χ3v) is 3.97. The Morgan fingerprint density at radius 1 is 1.21 bits per heavy atom. The summed E-state index contributed by atoms with van der Waals surface area (Å²) >= 11 is 0. The molecule has 0 N–H and O–H groups in total. The van der Waals surface area contributed by atoms with E-state index in [0.717, 1.165) is 51.4 Å². The minimum absolute atomic E-state index is 0.273. The van der Waals surface area contributed by atoms with E-state index in [9.17, 15) is 0 Å². The highest BCUT2D eigenvalue weighted by molar-refractivity contribution is 5.28. The topological polar surface area (TPSA) is 30.9 Å². The van der Waals surface area contributed by atoms with Crippen LogP contribution in [0.3, 0.4) is 0 Å². The number of ether oxygens (including phenoxy) is 3. The molecule has 1 aromatic rings. The summed E-state index contributed by atoms with van der Waals surface area (Å²) in [6, 6.07) is 8.28. The van der Waals surface area contributed by atoms with Crippen molar-refractivity contribution in [3.05, 3.63) is 29.8 Å². The number of benzene rings is 1. The van der Waals surface area contributed by atoms with Crippen LogP contribution in [0.4, 0.5) is 0 Å². The second-order valence-corrected chi connectivity index (χ2v) is 5.24. The van der Waals surface area contributed by atoms with Crippen LogP contribution in [0.15, 0.2) is 24.3 Å². The lowest BCUT2D eigenvalue weighted by Gasteiger charge is -2.37. The number of likely N-dealkylation sites (tertiary alicyclic amines) is 1. The summed E-state index contributed by atoms with van der Waals surface area (Å²) in [5, 5.41) is 0.